The van der Waals surface area contributed by atoms with Crippen molar-refractivity contribution in [2.24, 2.45) is 5.92 Å². The number of piperazine rings is 1. The van der Waals surface area contributed by atoms with E-state index in [9.17, 15) is 0 Å². The van der Waals surface area contributed by atoms with Crippen molar-refractivity contribution in [2.75, 3.05) is 37.6 Å². The third-order valence-corrected chi connectivity index (χ3v) is 5.52. The normalized spacial score (nSPS) is 15.5. The van der Waals surface area contributed by atoms with Crippen LogP contribution in [0.5, 0.6) is 5.88 Å². The molecule has 3 aromatic heterocycles. The summed E-state index contributed by atoms with van der Waals surface area (Å²) in [4.78, 5) is 13.9. The Kier molecular flexibility index (Phi) is 6.18. The lowest BCUT2D eigenvalue weighted by Crippen LogP contribution is -2.47. The molecule has 160 valence electrons. The Labute approximate surface area is 178 Å². The lowest BCUT2D eigenvalue weighted by Gasteiger charge is -2.35. The molecule has 0 bridgehead atoms. The van der Waals surface area contributed by atoms with E-state index in [2.05, 4.69) is 49.9 Å². The van der Waals surface area contributed by atoms with Gasteiger partial charge in [-0.3, -0.25) is 10.00 Å². The van der Waals surface area contributed by atoms with Gasteiger partial charge >= 0.3 is 0 Å². The second-order valence-electron chi connectivity index (χ2n) is 8.72. The maximum atomic E-state index is 5.77. The minimum Gasteiger partial charge on any atom is -0.475 e. The molecule has 4 rings (SSSR count). The van der Waals surface area contributed by atoms with Crippen molar-refractivity contribution < 1.29 is 4.74 Å². The van der Waals surface area contributed by atoms with Gasteiger partial charge in [0.2, 0.25) is 5.88 Å². The Bertz CT molecular complexity index is 975. The Hall–Kier alpha value is -2.67. The van der Waals surface area contributed by atoms with Crippen LogP contribution < -0.4 is 9.64 Å². The first-order valence-corrected chi connectivity index (χ1v) is 10.9. The Morgan fingerprint density at radius 3 is 2.60 bits per heavy atom. The van der Waals surface area contributed by atoms with Gasteiger partial charge < -0.3 is 9.64 Å². The van der Waals surface area contributed by atoms with E-state index in [0.717, 1.165) is 60.1 Å². The number of nitrogens with one attached hydrogen (secondary N) is 1. The van der Waals surface area contributed by atoms with Gasteiger partial charge in [0.1, 0.15) is 11.5 Å². The quantitative estimate of drug-likeness (QED) is 0.638. The molecule has 0 aromatic carbocycles. The molecule has 7 heteroatoms. The Morgan fingerprint density at radius 2 is 1.87 bits per heavy atom. The van der Waals surface area contributed by atoms with Crippen LogP contribution in [-0.4, -0.2) is 63.9 Å². The van der Waals surface area contributed by atoms with Crippen LogP contribution >= 0.6 is 0 Å². The van der Waals surface area contributed by atoms with Crippen molar-refractivity contribution in [3.05, 3.63) is 30.6 Å². The Balaban J connectivity index is 1.51. The topological polar surface area (TPSA) is 70.2 Å². The van der Waals surface area contributed by atoms with Gasteiger partial charge in [0.05, 0.1) is 17.8 Å². The molecule has 1 saturated heterocycles. The van der Waals surface area contributed by atoms with Crippen LogP contribution in [0.2, 0.25) is 0 Å². The number of H-pyrrole nitrogens is 1. The molecule has 1 aliphatic rings. The zero-order valence-electron chi connectivity index (χ0n) is 18.4. The number of pyridine rings is 2. The highest BCUT2D eigenvalue weighted by atomic mass is 16.5. The van der Waals surface area contributed by atoms with Crippen LogP contribution in [-0.2, 0) is 0 Å². The molecule has 0 aliphatic carbocycles. The van der Waals surface area contributed by atoms with Crippen molar-refractivity contribution in [3.8, 4) is 17.1 Å². The van der Waals surface area contributed by atoms with Gasteiger partial charge in [0.15, 0.2) is 0 Å². The lowest BCUT2D eigenvalue weighted by molar-refractivity contribution is 0.233. The number of anilines is 1. The number of aromatic nitrogens is 4. The van der Waals surface area contributed by atoms with E-state index in [1.165, 1.54) is 13.0 Å². The second kappa shape index (κ2) is 9.00. The van der Waals surface area contributed by atoms with Crippen molar-refractivity contribution in [1.29, 1.82) is 0 Å². The Morgan fingerprint density at radius 1 is 1.07 bits per heavy atom. The summed E-state index contributed by atoms with van der Waals surface area (Å²) in [5.41, 5.74) is 2.86. The molecule has 0 saturated carbocycles. The van der Waals surface area contributed by atoms with Gasteiger partial charge in [-0.15, -0.1) is 0 Å². The molecule has 7 nitrogen and oxygen atoms in total. The van der Waals surface area contributed by atoms with Gasteiger partial charge in [-0.05, 0) is 44.9 Å². The maximum Gasteiger partial charge on any atom is 0.214 e. The first-order valence-electron chi connectivity index (χ1n) is 10.9. The summed E-state index contributed by atoms with van der Waals surface area (Å²) in [5, 5.41) is 8.65. The van der Waals surface area contributed by atoms with E-state index in [1.807, 2.05) is 32.2 Å². The molecular weight excluding hydrogens is 376 g/mol. The summed E-state index contributed by atoms with van der Waals surface area (Å²) in [6.45, 7) is 14.0. The molecule has 30 heavy (non-hydrogen) atoms. The van der Waals surface area contributed by atoms with E-state index >= 15 is 0 Å². The van der Waals surface area contributed by atoms with Crippen molar-refractivity contribution in [2.45, 2.75) is 40.2 Å². The van der Waals surface area contributed by atoms with E-state index in [0.29, 0.717) is 5.88 Å². The van der Waals surface area contributed by atoms with Crippen LogP contribution in [0.1, 0.15) is 34.1 Å². The van der Waals surface area contributed by atoms with Gasteiger partial charge in [-0.25, -0.2) is 9.97 Å². The van der Waals surface area contributed by atoms with Crippen LogP contribution in [0.4, 0.5) is 5.82 Å². The van der Waals surface area contributed by atoms with Crippen molar-refractivity contribution in [3.63, 3.8) is 0 Å². The monoisotopic (exact) mass is 408 g/mol. The highest BCUT2D eigenvalue weighted by Crippen LogP contribution is 2.30. The molecule has 0 amide bonds. The molecule has 0 atom stereocenters. The third-order valence-electron chi connectivity index (χ3n) is 5.52. The van der Waals surface area contributed by atoms with Crippen molar-refractivity contribution >= 4 is 16.7 Å². The fraction of sp³-hybridized carbons (Fsp3) is 0.522. The number of hydrogen-bond acceptors (Lipinski definition) is 6. The van der Waals surface area contributed by atoms with Gasteiger partial charge in [-0.1, -0.05) is 13.8 Å². The number of aromatic amines is 1. The highest BCUT2D eigenvalue weighted by molar-refractivity contribution is 5.93. The van der Waals surface area contributed by atoms with E-state index in [-0.39, 0.29) is 6.10 Å². The predicted octanol–water partition coefficient (Wildman–Crippen LogP) is 3.98. The maximum absolute atomic E-state index is 5.77. The number of nitrogens with zero attached hydrogens (tertiary/aromatic N) is 5. The first kappa shape index (κ1) is 20.6. The van der Waals surface area contributed by atoms with Crippen LogP contribution in [0, 0.1) is 5.92 Å². The summed E-state index contributed by atoms with van der Waals surface area (Å²) in [5.74, 6) is 2.39. The lowest BCUT2D eigenvalue weighted by atomic mass is 10.1. The third kappa shape index (κ3) is 4.73. The van der Waals surface area contributed by atoms with E-state index < -0.39 is 0 Å². The largest absolute Gasteiger partial charge is 0.475 e. The average molecular weight is 409 g/mol. The molecule has 1 N–H and O–H groups in total. The summed E-state index contributed by atoms with van der Waals surface area (Å²) in [6.07, 6.45) is 5.00. The molecule has 3 aromatic rings. The van der Waals surface area contributed by atoms with Crippen LogP contribution in [0.3, 0.4) is 0 Å². The fourth-order valence-electron chi connectivity index (χ4n) is 3.80. The SMILES string of the molecule is CC(C)CCN1CCN(c2cc(-c3n[nH]c4cnc(OC(C)C)cc34)ccn2)CC1. The number of fused-ring (bicyclic) bond motifs is 1. The molecule has 4 heterocycles. The highest BCUT2D eigenvalue weighted by Gasteiger charge is 2.19. The van der Waals surface area contributed by atoms with Gasteiger partial charge in [0.25, 0.3) is 0 Å². The van der Waals surface area contributed by atoms with Gasteiger partial charge in [0, 0.05) is 49.4 Å². The minimum atomic E-state index is 0.0806. The predicted molar refractivity (Wildman–Crippen MR) is 121 cm³/mol. The minimum absolute atomic E-state index is 0.0806. The molecule has 1 fully saturated rings. The van der Waals surface area contributed by atoms with Crippen molar-refractivity contribution in [1.82, 2.24) is 25.1 Å². The van der Waals surface area contributed by atoms with E-state index in [1.54, 1.807) is 6.20 Å². The summed E-state index contributed by atoms with van der Waals surface area (Å²) >= 11 is 0. The molecule has 1 aliphatic heterocycles. The summed E-state index contributed by atoms with van der Waals surface area (Å²) < 4.78 is 5.77. The number of hydrogen-bond donors (Lipinski definition) is 1. The summed E-state index contributed by atoms with van der Waals surface area (Å²) in [6, 6.07) is 6.12. The van der Waals surface area contributed by atoms with E-state index in [4.69, 9.17) is 4.74 Å². The fourth-order valence-corrected chi connectivity index (χ4v) is 3.80. The number of ether oxygens (including phenoxy) is 1. The zero-order chi connectivity index (χ0) is 21.1. The number of rotatable bonds is 7. The standard InChI is InChI=1S/C23H32N6O/c1-16(2)6-8-28-9-11-29(12-10-28)21-13-18(5-7-24-21)23-19-14-22(30-17(3)4)25-15-20(19)26-27-23/h5,7,13-17H,6,8-12H2,1-4H3,(H,26,27). The smallest absolute Gasteiger partial charge is 0.214 e. The van der Waals surface area contributed by atoms with Crippen LogP contribution in [0.15, 0.2) is 30.6 Å². The average Bonchev–Trinajstić information content (AvgIpc) is 3.15. The molecule has 0 spiro atoms. The molecular formula is C23H32N6O. The summed E-state index contributed by atoms with van der Waals surface area (Å²) in [7, 11) is 0. The first-order chi connectivity index (χ1) is 14.5. The molecule has 0 unspecified atom stereocenters. The molecule has 0 radical (unpaired) electrons. The van der Waals surface area contributed by atoms with Gasteiger partial charge in [-0.2, -0.15) is 5.10 Å². The van der Waals surface area contributed by atoms with Crippen LogP contribution in [0.25, 0.3) is 22.2 Å². The zero-order valence-corrected chi connectivity index (χ0v) is 18.4. The second-order valence-corrected chi connectivity index (χ2v) is 8.72.